The van der Waals surface area contributed by atoms with Gasteiger partial charge < -0.3 is 11.1 Å². The predicted molar refractivity (Wildman–Crippen MR) is 77.7 cm³/mol. The average molecular weight is 261 g/mol. The minimum atomic E-state index is 0.374. The van der Waals surface area contributed by atoms with Gasteiger partial charge in [-0.15, -0.1) is 11.3 Å². The van der Waals surface area contributed by atoms with E-state index < -0.39 is 0 Å². The number of nitrogen functional groups attached to an aromatic ring is 1. The first kappa shape index (κ1) is 13.1. The maximum absolute atomic E-state index is 5.67. The summed E-state index contributed by atoms with van der Waals surface area (Å²) in [6.45, 7) is 3.14. The van der Waals surface area contributed by atoms with Crippen LogP contribution in [0.2, 0.25) is 0 Å². The molecule has 1 atom stereocenters. The van der Waals surface area contributed by atoms with Crippen molar-refractivity contribution in [2.24, 2.45) is 0 Å². The number of benzene rings is 1. The fourth-order valence-corrected chi connectivity index (χ4v) is 2.69. The van der Waals surface area contributed by atoms with Gasteiger partial charge in [-0.2, -0.15) is 0 Å². The second kappa shape index (κ2) is 6.52. The van der Waals surface area contributed by atoms with E-state index in [0.29, 0.717) is 6.04 Å². The molecule has 4 heteroatoms. The van der Waals surface area contributed by atoms with Gasteiger partial charge in [-0.1, -0.05) is 19.1 Å². The Bertz CT molecular complexity index is 450. The van der Waals surface area contributed by atoms with E-state index in [1.807, 2.05) is 23.7 Å². The maximum Gasteiger partial charge on any atom is 0.109 e. The van der Waals surface area contributed by atoms with Crippen molar-refractivity contribution >= 4 is 17.0 Å². The van der Waals surface area contributed by atoms with Crippen LogP contribution in [0.15, 0.2) is 35.8 Å². The molecule has 96 valence electrons. The molecule has 0 saturated carbocycles. The Morgan fingerprint density at radius 1 is 1.33 bits per heavy atom. The first-order valence-electron chi connectivity index (χ1n) is 6.26. The lowest BCUT2D eigenvalue weighted by atomic mass is 10.1. The van der Waals surface area contributed by atoms with Crippen molar-refractivity contribution in [2.45, 2.75) is 25.8 Å². The molecule has 1 aromatic carbocycles. The minimum absolute atomic E-state index is 0.374. The third kappa shape index (κ3) is 3.55. The van der Waals surface area contributed by atoms with Crippen LogP contribution < -0.4 is 11.1 Å². The maximum atomic E-state index is 5.67. The second-order valence-corrected chi connectivity index (χ2v) is 5.20. The van der Waals surface area contributed by atoms with Crippen molar-refractivity contribution in [1.82, 2.24) is 10.3 Å². The van der Waals surface area contributed by atoms with Crippen molar-refractivity contribution in [2.75, 3.05) is 12.3 Å². The van der Waals surface area contributed by atoms with Gasteiger partial charge >= 0.3 is 0 Å². The first-order valence-corrected chi connectivity index (χ1v) is 7.14. The van der Waals surface area contributed by atoms with Crippen molar-refractivity contribution in [3.05, 3.63) is 46.4 Å². The van der Waals surface area contributed by atoms with E-state index in [1.54, 1.807) is 11.3 Å². The summed E-state index contributed by atoms with van der Waals surface area (Å²) in [7, 11) is 0. The zero-order valence-corrected chi connectivity index (χ0v) is 11.4. The quantitative estimate of drug-likeness (QED) is 0.786. The molecule has 3 nitrogen and oxygen atoms in total. The lowest BCUT2D eigenvalue weighted by molar-refractivity contribution is 0.520. The van der Waals surface area contributed by atoms with Crippen molar-refractivity contribution in [3.63, 3.8) is 0 Å². The Morgan fingerprint density at radius 2 is 2.11 bits per heavy atom. The van der Waals surface area contributed by atoms with Gasteiger partial charge in [-0.3, -0.25) is 0 Å². The predicted octanol–water partition coefficient (Wildman–Crippen LogP) is 3.01. The van der Waals surface area contributed by atoms with Gasteiger partial charge in [0.05, 0.1) is 6.04 Å². The highest BCUT2D eigenvalue weighted by Crippen LogP contribution is 2.18. The molecule has 0 aliphatic heterocycles. The number of aromatic nitrogens is 1. The third-order valence-electron chi connectivity index (χ3n) is 2.94. The molecule has 0 spiro atoms. The van der Waals surface area contributed by atoms with E-state index in [1.165, 1.54) is 10.6 Å². The largest absolute Gasteiger partial charge is 0.399 e. The number of nitrogens with one attached hydrogen (secondary N) is 1. The molecule has 0 aliphatic carbocycles. The molecule has 0 bridgehead atoms. The van der Waals surface area contributed by atoms with Gasteiger partial charge in [0.15, 0.2) is 0 Å². The summed E-state index contributed by atoms with van der Waals surface area (Å²) >= 11 is 1.71. The Balaban J connectivity index is 1.82. The van der Waals surface area contributed by atoms with Gasteiger partial charge in [-0.05, 0) is 37.1 Å². The number of rotatable bonds is 6. The highest BCUT2D eigenvalue weighted by Gasteiger charge is 2.10. The SMILES string of the molecule is CCC(NCCc1ccc(N)cc1)c1nccs1. The fourth-order valence-electron chi connectivity index (χ4n) is 1.89. The fraction of sp³-hybridized carbons (Fsp3) is 0.357. The molecule has 2 rings (SSSR count). The smallest absolute Gasteiger partial charge is 0.109 e. The van der Waals surface area contributed by atoms with Crippen LogP contribution in [0.1, 0.15) is 30.0 Å². The molecule has 0 saturated heterocycles. The Morgan fingerprint density at radius 3 is 2.72 bits per heavy atom. The van der Waals surface area contributed by atoms with E-state index in [9.17, 15) is 0 Å². The van der Waals surface area contributed by atoms with Crippen LogP contribution in [-0.4, -0.2) is 11.5 Å². The molecular weight excluding hydrogens is 242 g/mol. The van der Waals surface area contributed by atoms with Crippen molar-refractivity contribution in [3.8, 4) is 0 Å². The van der Waals surface area contributed by atoms with Crippen molar-refractivity contribution < 1.29 is 0 Å². The van der Waals surface area contributed by atoms with Crippen LogP contribution in [-0.2, 0) is 6.42 Å². The Hall–Kier alpha value is -1.39. The van der Waals surface area contributed by atoms with Gasteiger partial charge in [-0.25, -0.2) is 4.98 Å². The summed E-state index contributed by atoms with van der Waals surface area (Å²) in [5.41, 5.74) is 7.80. The number of hydrogen-bond acceptors (Lipinski definition) is 4. The highest BCUT2D eigenvalue weighted by atomic mass is 32.1. The molecule has 18 heavy (non-hydrogen) atoms. The molecule has 3 N–H and O–H groups in total. The summed E-state index contributed by atoms with van der Waals surface area (Å²) in [4.78, 5) is 4.36. The number of hydrogen-bond donors (Lipinski definition) is 2. The first-order chi connectivity index (χ1) is 8.79. The van der Waals surface area contributed by atoms with Gasteiger partial charge in [0.1, 0.15) is 5.01 Å². The summed E-state index contributed by atoms with van der Waals surface area (Å²) < 4.78 is 0. The van der Waals surface area contributed by atoms with Crippen LogP contribution in [0, 0.1) is 0 Å². The van der Waals surface area contributed by atoms with Crippen molar-refractivity contribution in [1.29, 1.82) is 0 Å². The molecule has 0 fully saturated rings. The molecular formula is C14H19N3S. The van der Waals surface area contributed by atoms with Gasteiger partial charge in [0.2, 0.25) is 0 Å². The van der Waals surface area contributed by atoms with Crippen LogP contribution in [0.25, 0.3) is 0 Å². The summed E-state index contributed by atoms with van der Waals surface area (Å²) in [6, 6.07) is 8.45. The zero-order chi connectivity index (χ0) is 12.8. The summed E-state index contributed by atoms with van der Waals surface area (Å²) in [6.07, 6.45) is 3.95. The van der Waals surface area contributed by atoms with Crippen LogP contribution in [0.4, 0.5) is 5.69 Å². The Kier molecular flexibility index (Phi) is 4.73. The summed E-state index contributed by atoms with van der Waals surface area (Å²) in [5.74, 6) is 0. The molecule has 0 amide bonds. The second-order valence-electron chi connectivity index (χ2n) is 4.28. The number of thiazole rings is 1. The molecule has 2 aromatic rings. The van der Waals surface area contributed by atoms with E-state index in [-0.39, 0.29) is 0 Å². The lowest BCUT2D eigenvalue weighted by Crippen LogP contribution is -2.23. The third-order valence-corrected chi connectivity index (χ3v) is 3.83. The lowest BCUT2D eigenvalue weighted by Gasteiger charge is -2.14. The summed E-state index contributed by atoms with van der Waals surface area (Å²) in [5, 5.41) is 6.75. The number of nitrogens with zero attached hydrogens (tertiary/aromatic N) is 1. The molecule has 0 radical (unpaired) electrons. The molecule has 0 aliphatic rings. The van der Waals surface area contributed by atoms with Crippen LogP contribution in [0.5, 0.6) is 0 Å². The normalized spacial score (nSPS) is 12.5. The van der Waals surface area contributed by atoms with E-state index in [2.05, 4.69) is 29.4 Å². The molecule has 1 unspecified atom stereocenters. The minimum Gasteiger partial charge on any atom is -0.399 e. The average Bonchev–Trinajstić information content (AvgIpc) is 2.91. The van der Waals surface area contributed by atoms with Gasteiger partial charge in [0.25, 0.3) is 0 Å². The van der Waals surface area contributed by atoms with E-state index in [0.717, 1.165) is 25.1 Å². The van der Waals surface area contributed by atoms with E-state index in [4.69, 9.17) is 5.73 Å². The number of nitrogens with two attached hydrogens (primary N) is 1. The van der Waals surface area contributed by atoms with Gasteiger partial charge in [0, 0.05) is 17.3 Å². The molecule has 1 aromatic heterocycles. The highest BCUT2D eigenvalue weighted by molar-refractivity contribution is 7.09. The van der Waals surface area contributed by atoms with Crippen LogP contribution >= 0.6 is 11.3 Å². The standard InChI is InChI=1S/C14H19N3S/c1-2-13(14-17-9-10-18-14)16-8-7-11-3-5-12(15)6-4-11/h3-6,9-10,13,16H,2,7-8,15H2,1H3. The zero-order valence-electron chi connectivity index (χ0n) is 10.6. The topological polar surface area (TPSA) is 50.9 Å². The number of anilines is 1. The van der Waals surface area contributed by atoms with E-state index >= 15 is 0 Å². The molecule has 1 heterocycles. The van der Waals surface area contributed by atoms with Crippen LogP contribution in [0.3, 0.4) is 0 Å². The monoisotopic (exact) mass is 261 g/mol. The Labute approximate surface area is 112 Å².